The summed E-state index contributed by atoms with van der Waals surface area (Å²) in [6.45, 7) is 7.26. The summed E-state index contributed by atoms with van der Waals surface area (Å²) in [5.41, 5.74) is 1.71. The molecule has 0 spiro atoms. The van der Waals surface area contributed by atoms with Crippen molar-refractivity contribution in [3.8, 4) is 11.5 Å². The number of aryl methyl sites for hydroxylation is 2. The van der Waals surface area contributed by atoms with Crippen molar-refractivity contribution in [2.45, 2.75) is 46.4 Å². The summed E-state index contributed by atoms with van der Waals surface area (Å²) in [5.74, 6) is 0.428. The molecule has 0 N–H and O–H groups in total. The van der Waals surface area contributed by atoms with Gasteiger partial charge in [0.15, 0.2) is 0 Å². The fourth-order valence-corrected chi connectivity index (χ4v) is 1.94. The van der Waals surface area contributed by atoms with Gasteiger partial charge in [-0.25, -0.2) is 4.79 Å². The lowest BCUT2D eigenvalue weighted by Gasteiger charge is -2.15. The third-order valence-electron chi connectivity index (χ3n) is 2.93. The highest BCUT2D eigenvalue weighted by Gasteiger charge is 2.21. The Morgan fingerprint density at radius 1 is 1.36 bits per heavy atom. The molecule has 22 heavy (non-hydrogen) atoms. The first-order valence-electron chi connectivity index (χ1n) is 7.08. The molecule has 120 valence electrons. The Balaban J connectivity index is 2.17. The monoisotopic (exact) mass is 308 g/mol. The Kier molecular flexibility index (Phi) is 4.74. The van der Waals surface area contributed by atoms with E-state index in [1.807, 2.05) is 13.8 Å². The first-order valence-corrected chi connectivity index (χ1v) is 7.08. The Morgan fingerprint density at radius 2 is 2.09 bits per heavy atom. The molecule has 0 radical (unpaired) electrons. The van der Waals surface area contributed by atoms with Crippen LogP contribution in [-0.4, -0.2) is 42.2 Å². The highest BCUT2D eigenvalue weighted by Crippen LogP contribution is 2.19. The average molecular weight is 308 g/mol. The van der Waals surface area contributed by atoms with Gasteiger partial charge in [-0.3, -0.25) is 4.68 Å². The molecule has 9 nitrogen and oxygen atoms in total. The first-order chi connectivity index (χ1) is 10.4. The van der Waals surface area contributed by atoms with Gasteiger partial charge < -0.3 is 9.47 Å². The first kappa shape index (κ1) is 15.9. The van der Waals surface area contributed by atoms with Gasteiger partial charge in [-0.1, -0.05) is 6.92 Å². The van der Waals surface area contributed by atoms with Gasteiger partial charge in [0.05, 0.1) is 12.3 Å². The van der Waals surface area contributed by atoms with Crippen molar-refractivity contribution in [3.05, 3.63) is 11.8 Å². The van der Waals surface area contributed by atoms with Crippen LogP contribution in [-0.2, 0) is 16.5 Å². The second-order valence-corrected chi connectivity index (χ2v) is 5.13. The van der Waals surface area contributed by atoms with Gasteiger partial charge in [-0.2, -0.15) is 5.10 Å². The maximum atomic E-state index is 11.6. The molecule has 9 heteroatoms. The molecule has 0 saturated heterocycles. The van der Waals surface area contributed by atoms with E-state index in [4.69, 9.17) is 9.47 Å². The van der Waals surface area contributed by atoms with Crippen molar-refractivity contribution in [1.82, 2.24) is 30.0 Å². The van der Waals surface area contributed by atoms with E-state index < -0.39 is 12.4 Å². The van der Waals surface area contributed by atoms with Crippen molar-refractivity contribution in [2.75, 3.05) is 0 Å². The molecule has 0 saturated carbocycles. The summed E-state index contributed by atoms with van der Waals surface area (Å²) in [6.07, 6.45) is 0.553. The van der Waals surface area contributed by atoms with E-state index in [0.717, 1.165) is 11.3 Å². The minimum Gasteiger partial charge on any atom is -0.432 e. The van der Waals surface area contributed by atoms with Gasteiger partial charge in [0.25, 0.3) is 0 Å². The molecular weight excluding hydrogens is 288 g/mol. The van der Waals surface area contributed by atoms with Crippen molar-refractivity contribution in [3.63, 3.8) is 0 Å². The van der Waals surface area contributed by atoms with Gasteiger partial charge in [0.2, 0.25) is 12.1 Å². The standard InChI is InChI=1S/C13H20N6O3/c1-6-10(22-13(20)21-8(2)3)19-16-12(15-17-19)11-9(4)7-14-18(11)5/h7-8,10H,6H2,1-5H3. The van der Waals surface area contributed by atoms with Crippen LogP contribution in [0.2, 0.25) is 0 Å². The van der Waals surface area contributed by atoms with Crippen LogP contribution in [0.5, 0.6) is 0 Å². The van der Waals surface area contributed by atoms with Crippen LogP contribution < -0.4 is 0 Å². The number of carbonyl (C=O) groups is 1. The topological polar surface area (TPSA) is 97.0 Å². The fraction of sp³-hybridized carbons (Fsp3) is 0.615. The van der Waals surface area contributed by atoms with Gasteiger partial charge >= 0.3 is 6.16 Å². The second kappa shape index (κ2) is 6.54. The molecule has 0 bridgehead atoms. The molecule has 0 aromatic carbocycles. The number of aromatic nitrogens is 6. The molecule has 2 aromatic rings. The highest BCUT2D eigenvalue weighted by atomic mass is 16.7. The van der Waals surface area contributed by atoms with Gasteiger partial charge in [0.1, 0.15) is 5.69 Å². The molecular formula is C13H20N6O3. The smallest absolute Gasteiger partial charge is 0.432 e. The summed E-state index contributed by atoms with van der Waals surface area (Å²) >= 11 is 0. The molecule has 2 aromatic heterocycles. The number of rotatable bonds is 5. The number of hydrogen-bond donors (Lipinski definition) is 0. The average Bonchev–Trinajstić information content (AvgIpc) is 3.02. The van der Waals surface area contributed by atoms with Crippen molar-refractivity contribution in [1.29, 1.82) is 0 Å². The molecule has 0 aliphatic rings. The molecule has 1 unspecified atom stereocenters. The van der Waals surface area contributed by atoms with Crippen molar-refractivity contribution >= 4 is 6.16 Å². The lowest BCUT2D eigenvalue weighted by atomic mass is 10.3. The van der Waals surface area contributed by atoms with E-state index >= 15 is 0 Å². The maximum Gasteiger partial charge on any atom is 0.510 e. The fourth-order valence-electron chi connectivity index (χ4n) is 1.94. The Morgan fingerprint density at radius 3 is 2.64 bits per heavy atom. The van der Waals surface area contributed by atoms with Crippen LogP contribution in [0.15, 0.2) is 6.20 Å². The molecule has 0 amide bonds. The number of carbonyl (C=O) groups excluding carboxylic acids is 1. The van der Waals surface area contributed by atoms with Crippen molar-refractivity contribution in [2.24, 2.45) is 7.05 Å². The van der Waals surface area contributed by atoms with Crippen LogP contribution in [0.25, 0.3) is 11.5 Å². The maximum absolute atomic E-state index is 11.6. The van der Waals surface area contributed by atoms with E-state index in [0.29, 0.717) is 12.2 Å². The summed E-state index contributed by atoms with van der Waals surface area (Å²) in [7, 11) is 1.80. The minimum atomic E-state index is -0.752. The predicted molar refractivity (Wildman–Crippen MR) is 76.8 cm³/mol. The van der Waals surface area contributed by atoms with Crippen LogP contribution >= 0.6 is 0 Å². The Bertz CT molecular complexity index is 628. The van der Waals surface area contributed by atoms with Gasteiger partial charge in [0, 0.05) is 13.5 Å². The molecule has 1 atom stereocenters. The lowest BCUT2D eigenvalue weighted by Crippen LogP contribution is -2.21. The number of ether oxygens (including phenoxy) is 2. The lowest BCUT2D eigenvalue weighted by molar-refractivity contribution is -0.0290. The molecule has 0 fully saturated rings. The third kappa shape index (κ3) is 3.41. The van der Waals surface area contributed by atoms with Crippen LogP contribution in [0.4, 0.5) is 4.79 Å². The largest absolute Gasteiger partial charge is 0.510 e. The zero-order valence-corrected chi connectivity index (χ0v) is 13.3. The summed E-state index contributed by atoms with van der Waals surface area (Å²) < 4.78 is 11.8. The summed E-state index contributed by atoms with van der Waals surface area (Å²) in [5, 5.41) is 16.4. The van der Waals surface area contributed by atoms with E-state index in [1.54, 1.807) is 31.8 Å². The van der Waals surface area contributed by atoms with E-state index in [-0.39, 0.29) is 6.10 Å². The molecule has 0 aliphatic heterocycles. The minimum absolute atomic E-state index is 0.249. The second-order valence-electron chi connectivity index (χ2n) is 5.13. The van der Waals surface area contributed by atoms with Gasteiger partial charge in [-0.05, 0) is 31.5 Å². The quantitative estimate of drug-likeness (QED) is 0.777. The Labute approximate surface area is 128 Å². The third-order valence-corrected chi connectivity index (χ3v) is 2.93. The highest BCUT2D eigenvalue weighted by molar-refractivity contribution is 5.60. The number of hydrogen-bond acceptors (Lipinski definition) is 7. The molecule has 2 rings (SSSR count). The summed E-state index contributed by atoms with van der Waals surface area (Å²) in [4.78, 5) is 12.9. The Hall–Kier alpha value is -2.45. The SMILES string of the molecule is CCC(OC(=O)OC(C)C)n1nnc(-c2c(C)cnn2C)n1. The summed E-state index contributed by atoms with van der Waals surface area (Å²) in [6, 6.07) is 0. The van der Waals surface area contributed by atoms with E-state index in [1.165, 1.54) is 4.80 Å². The predicted octanol–water partition coefficient (Wildman–Crippen LogP) is 1.85. The van der Waals surface area contributed by atoms with E-state index in [2.05, 4.69) is 20.5 Å². The van der Waals surface area contributed by atoms with E-state index in [9.17, 15) is 4.79 Å². The van der Waals surface area contributed by atoms with Crippen LogP contribution in [0.3, 0.4) is 0 Å². The zero-order valence-electron chi connectivity index (χ0n) is 13.3. The van der Waals surface area contributed by atoms with Crippen LogP contribution in [0.1, 0.15) is 39.0 Å². The molecule has 2 heterocycles. The zero-order chi connectivity index (χ0) is 16.3. The number of tetrazole rings is 1. The normalized spacial score (nSPS) is 12.5. The van der Waals surface area contributed by atoms with Crippen LogP contribution in [0, 0.1) is 6.92 Å². The van der Waals surface area contributed by atoms with Crippen molar-refractivity contribution < 1.29 is 14.3 Å². The van der Waals surface area contributed by atoms with Gasteiger partial charge in [-0.15, -0.1) is 15.0 Å². The number of nitrogens with zero attached hydrogens (tertiary/aromatic N) is 6. The molecule has 0 aliphatic carbocycles.